The van der Waals surface area contributed by atoms with E-state index >= 15 is 0 Å². The van der Waals surface area contributed by atoms with Crippen LogP contribution >= 0.6 is 11.8 Å². The van der Waals surface area contributed by atoms with E-state index in [1.165, 1.54) is 12.1 Å². The van der Waals surface area contributed by atoms with Crippen molar-refractivity contribution in [3.8, 4) is 5.75 Å². The molecule has 3 rings (SSSR count). The smallest absolute Gasteiger partial charge is 0.251 e. The van der Waals surface area contributed by atoms with Crippen LogP contribution < -0.4 is 15.4 Å². The summed E-state index contributed by atoms with van der Waals surface area (Å²) in [5.41, 5.74) is 1.24. The zero-order valence-corrected chi connectivity index (χ0v) is 15.8. The van der Waals surface area contributed by atoms with Gasteiger partial charge in [0, 0.05) is 16.2 Å². The van der Waals surface area contributed by atoms with E-state index in [1.807, 2.05) is 6.92 Å². The molecule has 27 heavy (non-hydrogen) atoms. The minimum absolute atomic E-state index is 0.139. The number of benzene rings is 2. The molecule has 0 bridgehead atoms. The predicted octanol–water partition coefficient (Wildman–Crippen LogP) is 3.31. The summed E-state index contributed by atoms with van der Waals surface area (Å²) >= 11 is 1.65. The van der Waals surface area contributed by atoms with Crippen LogP contribution in [-0.4, -0.2) is 30.7 Å². The van der Waals surface area contributed by atoms with Gasteiger partial charge in [-0.25, -0.2) is 4.39 Å². The molecule has 1 aliphatic rings. The first-order chi connectivity index (χ1) is 13.1. The van der Waals surface area contributed by atoms with Crippen molar-refractivity contribution in [2.45, 2.75) is 24.3 Å². The summed E-state index contributed by atoms with van der Waals surface area (Å²) in [7, 11) is 0. The molecule has 0 spiro atoms. The van der Waals surface area contributed by atoms with Gasteiger partial charge in [0.15, 0.2) is 0 Å². The molecule has 0 fully saturated rings. The number of nitrogens with one attached hydrogen (secondary N) is 2. The summed E-state index contributed by atoms with van der Waals surface area (Å²) in [4.78, 5) is 25.4. The van der Waals surface area contributed by atoms with Crippen LogP contribution in [0.5, 0.6) is 5.75 Å². The van der Waals surface area contributed by atoms with Crippen molar-refractivity contribution in [1.29, 1.82) is 0 Å². The number of halogens is 1. The third kappa shape index (κ3) is 5.01. The van der Waals surface area contributed by atoms with Gasteiger partial charge < -0.3 is 15.4 Å². The van der Waals surface area contributed by atoms with Gasteiger partial charge in [0.25, 0.3) is 5.91 Å². The van der Waals surface area contributed by atoms with Crippen LogP contribution in [-0.2, 0) is 4.79 Å². The fraction of sp³-hybridized carbons (Fsp3) is 0.300. The lowest BCUT2D eigenvalue weighted by Gasteiger charge is -2.26. The van der Waals surface area contributed by atoms with E-state index in [-0.39, 0.29) is 30.2 Å². The molecule has 2 amide bonds. The highest BCUT2D eigenvalue weighted by molar-refractivity contribution is 7.99. The highest BCUT2D eigenvalue weighted by Crippen LogP contribution is 2.36. The van der Waals surface area contributed by atoms with Gasteiger partial charge in [-0.1, -0.05) is 0 Å². The van der Waals surface area contributed by atoms with Crippen molar-refractivity contribution in [2.75, 3.05) is 18.9 Å². The van der Waals surface area contributed by atoms with E-state index in [2.05, 4.69) is 10.6 Å². The summed E-state index contributed by atoms with van der Waals surface area (Å²) in [6.07, 6.45) is 0.722. The second kappa shape index (κ2) is 8.90. The Hall–Kier alpha value is -2.54. The largest absolute Gasteiger partial charge is 0.494 e. The summed E-state index contributed by atoms with van der Waals surface area (Å²) < 4.78 is 18.9. The summed E-state index contributed by atoms with van der Waals surface area (Å²) in [6.45, 7) is 2.30. The SMILES string of the molecule is CCOc1ccc(C(=O)NCC(=O)N[C@@H]2CCSc3ccc(F)cc32)cc1. The fourth-order valence-corrected chi connectivity index (χ4v) is 4.00. The zero-order valence-electron chi connectivity index (χ0n) is 15.0. The minimum Gasteiger partial charge on any atom is -0.494 e. The Labute approximate surface area is 161 Å². The number of carbonyl (C=O) groups is 2. The van der Waals surface area contributed by atoms with Crippen LogP contribution in [0.3, 0.4) is 0 Å². The highest BCUT2D eigenvalue weighted by atomic mass is 32.2. The number of carbonyl (C=O) groups excluding carboxylic acids is 2. The average molecular weight is 388 g/mol. The Bertz CT molecular complexity index is 826. The predicted molar refractivity (Wildman–Crippen MR) is 103 cm³/mol. The number of hydrogen-bond donors (Lipinski definition) is 2. The molecule has 1 heterocycles. The fourth-order valence-electron chi connectivity index (χ4n) is 2.89. The van der Waals surface area contributed by atoms with Crippen LogP contribution in [0.15, 0.2) is 47.4 Å². The van der Waals surface area contributed by atoms with Crippen molar-refractivity contribution >= 4 is 23.6 Å². The Balaban J connectivity index is 1.54. The molecule has 2 N–H and O–H groups in total. The first kappa shape index (κ1) is 19.2. The van der Waals surface area contributed by atoms with Crippen LogP contribution in [0, 0.1) is 5.82 Å². The van der Waals surface area contributed by atoms with Crippen molar-refractivity contribution in [2.24, 2.45) is 0 Å². The molecule has 7 heteroatoms. The Kier molecular flexibility index (Phi) is 6.34. The average Bonchev–Trinajstić information content (AvgIpc) is 2.67. The molecular weight excluding hydrogens is 367 g/mol. The maximum atomic E-state index is 13.5. The van der Waals surface area contributed by atoms with E-state index < -0.39 is 0 Å². The van der Waals surface area contributed by atoms with Gasteiger partial charge in [-0.3, -0.25) is 9.59 Å². The van der Waals surface area contributed by atoms with Gasteiger partial charge in [0.05, 0.1) is 19.2 Å². The first-order valence-electron chi connectivity index (χ1n) is 8.79. The summed E-state index contributed by atoms with van der Waals surface area (Å²) in [6, 6.07) is 11.1. The summed E-state index contributed by atoms with van der Waals surface area (Å²) in [5.74, 6) is 0.578. The van der Waals surface area contributed by atoms with Crippen molar-refractivity contribution in [1.82, 2.24) is 10.6 Å². The van der Waals surface area contributed by atoms with E-state index in [9.17, 15) is 14.0 Å². The Morgan fingerprint density at radius 1 is 1.22 bits per heavy atom. The van der Waals surface area contributed by atoms with Crippen molar-refractivity contribution in [3.05, 3.63) is 59.4 Å². The lowest BCUT2D eigenvalue weighted by Crippen LogP contribution is -2.39. The second-order valence-electron chi connectivity index (χ2n) is 6.08. The van der Waals surface area contributed by atoms with Gasteiger partial charge >= 0.3 is 0 Å². The number of ether oxygens (including phenoxy) is 1. The normalized spacial score (nSPS) is 15.6. The van der Waals surface area contributed by atoms with E-state index in [0.717, 1.165) is 22.6 Å². The van der Waals surface area contributed by atoms with E-state index in [1.54, 1.807) is 42.1 Å². The maximum absolute atomic E-state index is 13.5. The number of fused-ring (bicyclic) bond motifs is 1. The maximum Gasteiger partial charge on any atom is 0.251 e. The molecule has 0 saturated carbocycles. The molecule has 5 nitrogen and oxygen atoms in total. The van der Waals surface area contributed by atoms with Crippen molar-refractivity contribution < 1.29 is 18.7 Å². The molecule has 142 valence electrons. The molecule has 1 atom stereocenters. The third-order valence-corrected chi connectivity index (χ3v) is 5.31. The lowest BCUT2D eigenvalue weighted by molar-refractivity contribution is -0.120. The molecular formula is C20H21FN2O3S. The summed E-state index contributed by atoms with van der Waals surface area (Å²) in [5, 5.41) is 5.49. The Morgan fingerprint density at radius 2 is 2.00 bits per heavy atom. The molecule has 0 unspecified atom stereocenters. The van der Waals surface area contributed by atoms with E-state index in [4.69, 9.17) is 4.74 Å². The van der Waals surface area contributed by atoms with E-state index in [0.29, 0.717) is 17.9 Å². The second-order valence-corrected chi connectivity index (χ2v) is 7.22. The molecule has 0 saturated heterocycles. The van der Waals surface area contributed by atoms with Gasteiger partial charge in [-0.2, -0.15) is 0 Å². The van der Waals surface area contributed by atoms with Gasteiger partial charge in [-0.05, 0) is 61.4 Å². The molecule has 0 aliphatic carbocycles. The van der Waals surface area contributed by atoms with Crippen LogP contribution in [0.1, 0.15) is 35.3 Å². The van der Waals surface area contributed by atoms with Crippen LogP contribution in [0.2, 0.25) is 0 Å². The minimum atomic E-state index is -0.334. The molecule has 2 aromatic rings. The zero-order chi connectivity index (χ0) is 19.2. The lowest BCUT2D eigenvalue weighted by atomic mass is 10.0. The first-order valence-corrected chi connectivity index (χ1v) is 9.78. The molecule has 0 aromatic heterocycles. The quantitative estimate of drug-likeness (QED) is 0.797. The molecule has 0 radical (unpaired) electrons. The number of thioether (sulfide) groups is 1. The van der Waals surface area contributed by atoms with Gasteiger partial charge in [0.2, 0.25) is 5.91 Å². The van der Waals surface area contributed by atoms with Crippen LogP contribution in [0.4, 0.5) is 4.39 Å². The van der Waals surface area contributed by atoms with Crippen molar-refractivity contribution in [3.63, 3.8) is 0 Å². The topological polar surface area (TPSA) is 67.4 Å². The number of rotatable bonds is 6. The number of hydrogen-bond acceptors (Lipinski definition) is 4. The Morgan fingerprint density at radius 3 is 2.74 bits per heavy atom. The van der Waals surface area contributed by atoms with Gasteiger partial charge in [0.1, 0.15) is 11.6 Å². The highest BCUT2D eigenvalue weighted by Gasteiger charge is 2.23. The van der Waals surface area contributed by atoms with Gasteiger partial charge in [-0.15, -0.1) is 11.8 Å². The monoisotopic (exact) mass is 388 g/mol. The third-order valence-electron chi connectivity index (χ3n) is 4.18. The molecule has 2 aromatic carbocycles. The molecule has 1 aliphatic heterocycles. The standard InChI is InChI=1S/C20H21FN2O3S/c1-2-26-15-6-3-13(4-7-15)20(25)22-12-19(24)23-17-9-10-27-18-8-5-14(21)11-16(17)18/h3-8,11,17H,2,9-10,12H2,1H3,(H,22,25)(H,23,24)/t17-/m1/s1. The number of amides is 2. The van der Waals surface area contributed by atoms with Crippen LogP contribution in [0.25, 0.3) is 0 Å².